The number of aromatic nitrogens is 4. The molecule has 0 aliphatic rings. The summed E-state index contributed by atoms with van der Waals surface area (Å²) in [5, 5.41) is 11.1. The van der Waals surface area contributed by atoms with Crippen molar-refractivity contribution in [2.75, 3.05) is 0 Å². The number of nitrogens with zero attached hydrogens (tertiary/aromatic N) is 4. The Bertz CT molecular complexity index is 963. The molecule has 8 heteroatoms. The Morgan fingerprint density at radius 1 is 1.19 bits per heavy atom. The summed E-state index contributed by atoms with van der Waals surface area (Å²) in [6, 6.07) is 10.3. The van der Waals surface area contributed by atoms with Crippen molar-refractivity contribution in [3.8, 4) is 11.3 Å². The molecular formula is C18H15FN4OS2. The molecule has 0 aliphatic heterocycles. The first-order chi connectivity index (χ1) is 12.8. The third-order valence-electron chi connectivity index (χ3n) is 3.77. The number of thioether (sulfide) groups is 1. The first kappa shape index (κ1) is 17.0. The summed E-state index contributed by atoms with van der Waals surface area (Å²) in [5.41, 5.74) is 0.800. The number of rotatable bonds is 7. The largest absolute Gasteiger partial charge is 0.440 e. The summed E-state index contributed by atoms with van der Waals surface area (Å²) in [4.78, 5) is 5.63. The normalized spacial score (nSPS) is 11.1. The van der Waals surface area contributed by atoms with E-state index in [0.29, 0.717) is 17.4 Å². The van der Waals surface area contributed by atoms with Crippen LogP contribution >= 0.6 is 23.1 Å². The number of oxazole rings is 1. The van der Waals surface area contributed by atoms with Gasteiger partial charge < -0.3 is 8.98 Å². The van der Waals surface area contributed by atoms with E-state index in [4.69, 9.17) is 4.42 Å². The van der Waals surface area contributed by atoms with Crippen molar-refractivity contribution in [2.45, 2.75) is 23.9 Å². The van der Waals surface area contributed by atoms with Crippen LogP contribution in [0.5, 0.6) is 0 Å². The molecule has 4 aromatic rings. The number of thiophene rings is 1. The Kier molecular flexibility index (Phi) is 5.12. The van der Waals surface area contributed by atoms with E-state index >= 15 is 0 Å². The summed E-state index contributed by atoms with van der Waals surface area (Å²) in [7, 11) is 0. The molecule has 0 unspecified atom stereocenters. The lowest BCUT2D eigenvalue weighted by molar-refractivity contribution is 0.529. The molecule has 3 aromatic heterocycles. The SMILES string of the molecule is Fc1ccc(-c2cnc(CSc3nncn3CCc3cccs3)o2)cc1. The summed E-state index contributed by atoms with van der Waals surface area (Å²) in [6.07, 6.45) is 4.36. The fourth-order valence-corrected chi connectivity index (χ4v) is 3.94. The molecule has 5 nitrogen and oxygen atoms in total. The van der Waals surface area contributed by atoms with Gasteiger partial charge in [-0.15, -0.1) is 21.5 Å². The van der Waals surface area contributed by atoms with Gasteiger partial charge in [0.25, 0.3) is 0 Å². The molecule has 0 saturated carbocycles. The van der Waals surface area contributed by atoms with Gasteiger partial charge in [0, 0.05) is 17.0 Å². The van der Waals surface area contributed by atoms with Crippen LogP contribution in [-0.2, 0) is 18.7 Å². The van der Waals surface area contributed by atoms with E-state index in [1.54, 1.807) is 36.0 Å². The van der Waals surface area contributed by atoms with Gasteiger partial charge in [0.1, 0.15) is 12.1 Å². The van der Waals surface area contributed by atoms with Crippen LogP contribution in [0.1, 0.15) is 10.8 Å². The molecular weight excluding hydrogens is 371 g/mol. The molecule has 0 saturated heterocycles. The lowest BCUT2D eigenvalue weighted by atomic mass is 10.2. The van der Waals surface area contributed by atoms with Crippen LogP contribution in [0, 0.1) is 5.82 Å². The third-order valence-corrected chi connectivity index (χ3v) is 5.67. The van der Waals surface area contributed by atoms with E-state index in [9.17, 15) is 4.39 Å². The molecule has 26 heavy (non-hydrogen) atoms. The predicted molar refractivity (Wildman–Crippen MR) is 99.5 cm³/mol. The summed E-state index contributed by atoms with van der Waals surface area (Å²) in [5.74, 6) is 1.51. The first-order valence-electron chi connectivity index (χ1n) is 8.01. The van der Waals surface area contributed by atoms with Crippen molar-refractivity contribution in [1.82, 2.24) is 19.7 Å². The molecule has 0 spiro atoms. The van der Waals surface area contributed by atoms with Gasteiger partial charge in [-0.05, 0) is 42.1 Å². The third kappa shape index (κ3) is 4.03. The van der Waals surface area contributed by atoms with E-state index in [-0.39, 0.29) is 5.82 Å². The van der Waals surface area contributed by atoms with E-state index < -0.39 is 0 Å². The molecule has 0 bridgehead atoms. The monoisotopic (exact) mass is 386 g/mol. The second-order valence-electron chi connectivity index (χ2n) is 5.55. The maximum atomic E-state index is 13.0. The minimum absolute atomic E-state index is 0.272. The fraction of sp³-hybridized carbons (Fsp3) is 0.167. The number of benzene rings is 1. The van der Waals surface area contributed by atoms with E-state index in [1.165, 1.54) is 28.8 Å². The molecule has 1 aromatic carbocycles. The molecule has 132 valence electrons. The number of halogens is 1. The maximum absolute atomic E-state index is 13.0. The highest BCUT2D eigenvalue weighted by Crippen LogP contribution is 2.25. The van der Waals surface area contributed by atoms with Gasteiger partial charge in [0.2, 0.25) is 5.89 Å². The van der Waals surface area contributed by atoms with Crippen LogP contribution in [0.4, 0.5) is 4.39 Å². The average molecular weight is 386 g/mol. The van der Waals surface area contributed by atoms with Crippen LogP contribution in [0.25, 0.3) is 11.3 Å². The van der Waals surface area contributed by atoms with Gasteiger partial charge >= 0.3 is 0 Å². The Morgan fingerprint density at radius 3 is 2.88 bits per heavy atom. The Balaban J connectivity index is 1.37. The number of hydrogen-bond acceptors (Lipinski definition) is 6. The van der Waals surface area contributed by atoms with Crippen LogP contribution in [-0.4, -0.2) is 19.7 Å². The summed E-state index contributed by atoms with van der Waals surface area (Å²) >= 11 is 3.28. The van der Waals surface area contributed by atoms with Crippen molar-refractivity contribution in [3.63, 3.8) is 0 Å². The summed E-state index contributed by atoms with van der Waals surface area (Å²) in [6.45, 7) is 0.836. The second-order valence-corrected chi connectivity index (χ2v) is 7.52. The molecule has 0 aliphatic carbocycles. The standard InChI is InChI=1S/C18H15FN4OS2/c19-14-5-3-13(4-6-14)16-10-20-17(24-16)11-26-18-22-21-12-23(18)8-7-15-2-1-9-25-15/h1-6,9-10,12H,7-8,11H2. The fourth-order valence-electron chi connectivity index (χ4n) is 2.45. The molecule has 0 amide bonds. The Morgan fingerprint density at radius 2 is 2.08 bits per heavy atom. The van der Waals surface area contributed by atoms with Gasteiger partial charge in [0.05, 0.1) is 11.9 Å². The van der Waals surface area contributed by atoms with Crippen LogP contribution in [0.3, 0.4) is 0 Å². The van der Waals surface area contributed by atoms with Gasteiger partial charge in [-0.2, -0.15) is 0 Å². The highest BCUT2D eigenvalue weighted by Gasteiger charge is 2.10. The second kappa shape index (κ2) is 7.84. The van der Waals surface area contributed by atoms with Gasteiger partial charge in [-0.3, -0.25) is 0 Å². The zero-order valence-corrected chi connectivity index (χ0v) is 15.3. The van der Waals surface area contributed by atoms with Crippen LogP contribution < -0.4 is 0 Å². The molecule has 3 heterocycles. The van der Waals surface area contributed by atoms with Crippen molar-refractivity contribution >= 4 is 23.1 Å². The molecule has 0 N–H and O–H groups in total. The van der Waals surface area contributed by atoms with Crippen LogP contribution in [0.2, 0.25) is 0 Å². The lowest BCUT2D eigenvalue weighted by Gasteiger charge is -2.04. The quantitative estimate of drug-likeness (QED) is 0.432. The van der Waals surface area contributed by atoms with Crippen molar-refractivity contribution in [2.24, 2.45) is 0 Å². The van der Waals surface area contributed by atoms with E-state index in [2.05, 4.69) is 32.7 Å². The molecule has 4 rings (SSSR count). The smallest absolute Gasteiger partial charge is 0.205 e. The highest BCUT2D eigenvalue weighted by molar-refractivity contribution is 7.98. The highest BCUT2D eigenvalue weighted by atomic mass is 32.2. The predicted octanol–water partition coefficient (Wildman–Crippen LogP) is 4.67. The van der Waals surface area contributed by atoms with Gasteiger partial charge in [0.15, 0.2) is 10.9 Å². The van der Waals surface area contributed by atoms with E-state index in [0.717, 1.165) is 23.7 Å². The molecule has 0 radical (unpaired) electrons. The Hall–Kier alpha value is -2.45. The number of aryl methyl sites for hydroxylation is 2. The van der Waals surface area contributed by atoms with Crippen molar-refractivity contribution in [1.29, 1.82) is 0 Å². The first-order valence-corrected chi connectivity index (χ1v) is 9.88. The van der Waals surface area contributed by atoms with Crippen LogP contribution in [0.15, 0.2) is 63.9 Å². The number of hydrogen-bond donors (Lipinski definition) is 0. The van der Waals surface area contributed by atoms with Gasteiger partial charge in [-0.25, -0.2) is 9.37 Å². The zero-order valence-electron chi connectivity index (χ0n) is 13.7. The average Bonchev–Trinajstić information content (AvgIpc) is 3.40. The molecule has 0 fully saturated rings. The van der Waals surface area contributed by atoms with E-state index in [1.807, 2.05) is 4.57 Å². The minimum atomic E-state index is -0.272. The summed E-state index contributed by atoms with van der Waals surface area (Å²) < 4.78 is 20.8. The van der Waals surface area contributed by atoms with Gasteiger partial charge in [-0.1, -0.05) is 17.8 Å². The maximum Gasteiger partial charge on any atom is 0.205 e. The Labute approximate surface area is 157 Å². The lowest BCUT2D eigenvalue weighted by Crippen LogP contribution is -2.01. The van der Waals surface area contributed by atoms with Crippen molar-refractivity contribution in [3.05, 3.63) is 70.9 Å². The minimum Gasteiger partial charge on any atom is -0.440 e. The molecule has 0 atom stereocenters. The zero-order chi connectivity index (χ0) is 17.8. The topological polar surface area (TPSA) is 56.7 Å². The van der Waals surface area contributed by atoms with Crippen molar-refractivity contribution < 1.29 is 8.81 Å².